The highest BCUT2D eigenvalue weighted by atomic mass is 19.1. The molecule has 4 rings (SSSR count). The van der Waals surface area contributed by atoms with Gasteiger partial charge in [0.2, 0.25) is 0 Å². The molecule has 0 saturated heterocycles. The molecule has 1 aliphatic heterocycles. The fourth-order valence-electron chi connectivity index (χ4n) is 3.61. The Morgan fingerprint density at radius 1 is 1.09 bits per heavy atom. The Morgan fingerprint density at radius 2 is 1.95 bits per heavy atom. The molecule has 2 aromatic carbocycles. The van der Waals surface area contributed by atoms with Gasteiger partial charge in [-0.1, -0.05) is 18.2 Å². The lowest BCUT2D eigenvalue weighted by atomic mass is 9.84. The summed E-state index contributed by atoms with van der Waals surface area (Å²) in [4.78, 5) is 2.20. The second-order valence-corrected chi connectivity index (χ2v) is 6.30. The van der Waals surface area contributed by atoms with Crippen LogP contribution in [-0.4, -0.2) is 23.1 Å². The van der Waals surface area contributed by atoms with Crippen LogP contribution in [0.15, 0.2) is 48.7 Å². The average molecular weight is 294 g/mol. The van der Waals surface area contributed by atoms with E-state index in [1.54, 1.807) is 6.07 Å². The quantitative estimate of drug-likeness (QED) is 0.661. The average Bonchev–Trinajstić information content (AvgIpc) is 2.88. The molecule has 0 amide bonds. The largest absolute Gasteiger partial charge is 0.351 e. The number of hydrogen-bond donors (Lipinski definition) is 0. The van der Waals surface area contributed by atoms with E-state index in [-0.39, 0.29) is 11.7 Å². The molecular formula is C19H19FN2. The second kappa shape index (κ2) is 4.96. The van der Waals surface area contributed by atoms with Gasteiger partial charge in [0.15, 0.2) is 0 Å². The summed E-state index contributed by atoms with van der Waals surface area (Å²) < 4.78 is 16.3. The number of aromatic nitrogens is 1. The minimum atomic E-state index is -0.0881. The van der Waals surface area contributed by atoms with Crippen molar-refractivity contribution in [2.24, 2.45) is 7.05 Å². The van der Waals surface area contributed by atoms with Crippen molar-refractivity contribution < 1.29 is 4.39 Å². The van der Waals surface area contributed by atoms with Gasteiger partial charge in [0.25, 0.3) is 0 Å². The summed E-state index contributed by atoms with van der Waals surface area (Å²) in [5.74, 6) is 0.142. The van der Waals surface area contributed by atoms with Crippen LogP contribution in [0.25, 0.3) is 10.9 Å². The Balaban J connectivity index is 1.86. The molecule has 0 N–H and O–H groups in total. The highest BCUT2D eigenvalue weighted by Crippen LogP contribution is 2.35. The van der Waals surface area contributed by atoms with E-state index < -0.39 is 0 Å². The van der Waals surface area contributed by atoms with Crippen LogP contribution in [0.4, 0.5) is 4.39 Å². The summed E-state index contributed by atoms with van der Waals surface area (Å²) in [7, 11) is 4.12. The molecule has 1 atom stereocenters. The zero-order chi connectivity index (χ0) is 15.3. The Hall–Kier alpha value is -2.13. The lowest BCUT2D eigenvalue weighted by Crippen LogP contribution is -2.31. The molecule has 2 nitrogen and oxygen atoms in total. The van der Waals surface area contributed by atoms with Crippen LogP contribution in [0.1, 0.15) is 22.6 Å². The van der Waals surface area contributed by atoms with E-state index in [4.69, 9.17) is 0 Å². The van der Waals surface area contributed by atoms with E-state index in [9.17, 15) is 4.39 Å². The number of hydrogen-bond acceptors (Lipinski definition) is 1. The van der Waals surface area contributed by atoms with Crippen molar-refractivity contribution in [3.8, 4) is 0 Å². The van der Waals surface area contributed by atoms with Gasteiger partial charge < -0.3 is 9.47 Å². The molecule has 0 aliphatic carbocycles. The molecule has 3 heteroatoms. The lowest BCUT2D eigenvalue weighted by Gasteiger charge is -2.32. The van der Waals surface area contributed by atoms with Crippen LogP contribution in [0, 0.1) is 5.82 Å². The molecule has 1 aliphatic rings. The standard InChI is InChI=1S/C19H19FN2/c1-21-11-16(15-4-3-5-18(20)17(15)12-21)13-6-7-19-14(10-13)8-9-22(19)2/h3-10,16H,11-12H2,1-2H3. The molecule has 0 fully saturated rings. The van der Waals surface area contributed by atoms with Crippen LogP contribution < -0.4 is 0 Å². The van der Waals surface area contributed by atoms with E-state index in [0.29, 0.717) is 6.54 Å². The fourth-order valence-corrected chi connectivity index (χ4v) is 3.61. The normalized spacial score (nSPS) is 18.6. The molecule has 0 radical (unpaired) electrons. The fraction of sp³-hybridized carbons (Fsp3) is 0.263. The Bertz CT molecular complexity index is 850. The lowest BCUT2D eigenvalue weighted by molar-refractivity contribution is 0.288. The van der Waals surface area contributed by atoms with Gasteiger partial charge >= 0.3 is 0 Å². The van der Waals surface area contributed by atoms with Crippen LogP contribution in [0.3, 0.4) is 0 Å². The highest BCUT2D eigenvalue weighted by Gasteiger charge is 2.26. The van der Waals surface area contributed by atoms with Gasteiger partial charge in [-0.2, -0.15) is 0 Å². The number of rotatable bonds is 1. The van der Waals surface area contributed by atoms with Crippen molar-refractivity contribution in [2.75, 3.05) is 13.6 Å². The monoisotopic (exact) mass is 294 g/mol. The Morgan fingerprint density at radius 3 is 2.82 bits per heavy atom. The summed E-state index contributed by atoms with van der Waals surface area (Å²) in [6.07, 6.45) is 2.08. The van der Waals surface area contributed by atoms with E-state index in [1.165, 1.54) is 16.5 Å². The SMILES string of the molecule is CN1Cc2c(F)cccc2C(c2ccc3c(ccn3C)c2)C1. The summed E-state index contributed by atoms with van der Waals surface area (Å²) in [6.45, 7) is 1.61. The smallest absolute Gasteiger partial charge is 0.127 e. The highest BCUT2D eigenvalue weighted by molar-refractivity contribution is 5.81. The molecule has 1 aromatic heterocycles. The maximum Gasteiger partial charge on any atom is 0.127 e. The molecule has 2 heterocycles. The zero-order valence-corrected chi connectivity index (χ0v) is 12.9. The molecule has 0 spiro atoms. The van der Waals surface area contributed by atoms with Crippen LogP contribution in [0.5, 0.6) is 0 Å². The molecule has 112 valence electrons. The van der Waals surface area contributed by atoms with Gasteiger partial charge in [0, 0.05) is 43.3 Å². The van der Waals surface area contributed by atoms with Crippen molar-refractivity contribution in [3.05, 3.63) is 71.2 Å². The van der Waals surface area contributed by atoms with Crippen molar-refractivity contribution in [3.63, 3.8) is 0 Å². The second-order valence-electron chi connectivity index (χ2n) is 6.30. The first-order chi connectivity index (χ1) is 10.6. The number of halogens is 1. The van der Waals surface area contributed by atoms with E-state index in [2.05, 4.69) is 60.1 Å². The minimum absolute atomic E-state index is 0.0881. The molecular weight excluding hydrogens is 275 g/mol. The van der Waals surface area contributed by atoms with Crippen LogP contribution >= 0.6 is 0 Å². The van der Waals surface area contributed by atoms with Crippen LogP contribution in [0.2, 0.25) is 0 Å². The topological polar surface area (TPSA) is 8.17 Å². The number of likely N-dealkylation sites (N-methyl/N-ethyl adjacent to an activating group) is 1. The molecule has 1 unspecified atom stereocenters. The summed E-state index contributed by atoms with van der Waals surface area (Å²) >= 11 is 0. The van der Waals surface area contributed by atoms with E-state index >= 15 is 0 Å². The van der Waals surface area contributed by atoms with Crippen molar-refractivity contribution in [1.29, 1.82) is 0 Å². The summed E-state index contributed by atoms with van der Waals surface area (Å²) in [5.41, 5.74) is 4.47. The molecule has 3 aromatic rings. The summed E-state index contributed by atoms with van der Waals surface area (Å²) in [6, 6.07) is 14.2. The Kier molecular flexibility index (Phi) is 3.05. The first-order valence-corrected chi connectivity index (χ1v) is 7.64. The third-order valence-electron chi connectivity index (χ3n) is 4.76. The number of fused-ring (bicyclic) bond motifs is 2. The first kappa shape index (κ1) is 13.5. The van der Waals surface area contributed by atoms with Crippen LogP contribution in [-0.2, 0) is 13.6 Å². The van der Waals surface area contributed by atoms with Gasteiger partial charge in [0.05, 0.1) is 0 Å². The molecule has 22 heavy (non-hydrogen) atoms. The predicted octanol–water partition coefficient (Wildman–Crippen LogP) is 3.89. The van der Waals surface area contributed by atoms with Crippen molar-refractivity contribution >= 4 is 10.9 Å². The number of nitrogens with zero attached hydrogens (tertiary/aromatic N) is 2. The van der Waals surface area contributed by atoms with E-state index in [1.807, 2.05) is 6.07 Å². The first-order valence-electron chi connectivity index (χ1n) is 7.64. The number of aryl methyl sites for hydroxylation is 1. The molecule has 0 bridgehead atoms. The maximum absolute atomic E-state index is 14.2. The van der Waals surface area contributed by atoms with Crippen molar-refractivity contribution in [1.82, 2.24) is 9.47 Å². The van der Waals surface area contributed by atoms with Gasteiger partial charge in [-0.15, -0.1) is 0 Å². The molecule has 0 saturated carbocycles. The third kappa shape index (κ3) is 2.04. The van der Waals surface area contributed by atoms with Gasteiger partial charge in [-0.3, -0.25) is 0 Å². The van der Waals surface area contributed by atoms with Gasteiger partial charge in [-0.25, -0.2) is 4.39 Å². The van der Waals surface area contributed by atoms with E-state index in [0.717, 1.165) is 17.7 Å². The zero-order valence-electron chi connectivity index (χ0n) is 12.9. The predicted molar refractivity (Wildman–Crippen MR) is 87.5 cm³/mol. The third-order valence-corrected chi connectivity index (χ3v) is 4.76. The van der Waals surface area contributed by atoms with Gasteiger partial charge in [-0.05, 0) is 47.8 Å². The Labute approximate surface area is 129 Å². The number of benzene rings is 2. The minimum Gasteiger partial charge on any atom is -0.351 e. The summed E-state index contributed by atoms with van der Waals surface area (Å²) in [5, 5.41) is 1.24. The van der Waals surface area contributed by atoms with Crippen molar-refractivity contribution in [2.45, 2.75) is 12.5 Å². The van der Waals surface area contributed by atoms with Gasteiger partial charge in [0.1, 0.15) is 5.82 Å². The maximum atomic E-state index is 14.2.